The SMILES string of the molecule is CC(C)(C)[C@H](O)CCc1nnc(-c2ccc(C(F)(F)F)cc2)o1. The van der Waals surface area contributed by atoms with Crippen molar-refractivity contribution in [2.45, 2.75) is 45.9 Å². The van der Waals surface area contributed by atoms with Gasteiger partial charge in [-0.1, -0.05) is 20.8 Å². The van der Waals surface area contributed by atoms with Crippen LogP contribution in [0, 0.1) is 5.41 Å². The summed E-state index contributed by atoms with van der Waals surface area (Å²) in [6, 6.07) is 4.54. The second kappa shape index (κ2) is 6.31. The van der Waals surface area contributed by atoms with Gasteiger partial charge in [0.2, 0.25) is 11.8 Å². The molecule has 0 spiro atoms. The van der Waals surface area contributed by atoms with Crippen LogP contribution in [-0.2, 0) is 12.6 Å². The van der Waals surface area contributed by atoms with Gasteiger partial charge >= 0.3 is 6.18 Å². The van der Waals surface area contributed by atoms with E-state index >= 15 is 0 Å². The Labute approximate surface area is 132 Å². The summed E-state index contributed by atoms with van der Waals surface area (Å²) in [5.74, 6) is 0.516. The van der Waals surface area contributed by atoms with Gasteiger partial charge in [-0.05, 0) is 36.1 Å². The molecule has 126 valence electrons. The molecule has 0 bridgehead atoms. The number of aromatic nitrogens is 2. The van der Waals surface area contributed by atoms with Gasteiger partial charge in [-0.2, -0.15) is 13.2 Å². The molecule has 0 saturated heterocycles. The van der Waals surface area contributed by atoms with Gasteiger partial charge in [0, 0.05) is 12.0 Å². The van der Waals surface area contributed by atoms with Crippen LogP contribution in [0.5, 0.6) is 0 Å². The highest BCUT2D eigenvalue weighted by molar-refractivity contribution is 5.53. The number of hydrogen-bond acceptors (Lipinski definition) is 4. The third-order valence-corrected chi connectivity index (χ3v) is 3.56. The molecule has 7 heteroatoms. The maximum atomic E-state index is 12.5. The lowest BCUT2D eigenvalue weighted by Gasteiger charge is -2.25. The fourth-order valence-electron chi connectivity index (χ4n) is 1.97. The normalized spacial score (nSPS) is 14.0. The van der Waals surface area contributed by atoms with Crippen molar-refractivity contribution in [1.82, 2.24) is 10.2 Å². The first-order valence-corrected chi connectivity index (χ1v) is 7.25. The Morgan fingerprint density at radius 1 is 1.09 bits per heavy atom. The molecule has 4 nitrogen and oxygen atoms in total. The number of rotatable bonds is 4. The fraction of sp³-hybridized carbons (Fsp3) is 0.500. The van der Waals surface area contributed by atoms with Crippen LogP contribution in [0.4, 0.5) is 13.2 Å². The molecule has 0 saturated carbocycles. The average molecular weight is 328 g/mol. The van der Waals surface area contributed by atoms with Crippen LogP contribution in [0.15, 0.2) is 28.7 Å². The zero-order chi connectivity index (χ0) is 17.3. The van der Waals surface area contributed by atoms with E-state index in [2.05, 4.69) is 10.2 Å². The zero-order valence-electron chi connectivity index (χ0n) is 13.2. The Kier molecular flexibility index (Phi) is 4.79. The summed E-state index contributed by atoms with van der Waals surface area (Å²) in [6.07, 6.45) is -4.00. The van der Waals surface area contributed by atoms with Crippen LogP contribution in [0.2, 0.25) is 0 Å². The quantitative estimate of drug-likeness (QED) is 0.918. The molecule has 1 aromatic heterocycles. The van der Waals surface area contributed by atoms with Gasteiger partial charge in [-0.25, -0.2) is 0 Å². The molecule has 1 aromatic carbocycles. The molecule has 1 atom stereocenters. The number of alkyl halides is 3. The van der Waals surface area contributed by atoms with Crippen molar-refractivity contribution in [3.05, 3.63) is 35.7 Å². The lowest BCUT2D eigenvalue weighted by atomic mass is 9.86. The largest absolute Gasteiger partial charge is 0.421 e. The van der Waals surface area contributed by atoms with E-state index < -0.39 is 17.8 Å². The summed E-state index contributed by atoms with van der Waals surface area (Å²) < 4.78 is 43.0. The average Bonchev–Trinajstić information content (AvgIpc) is 2.91. The molecule has 2 rings (SSSR count). The Hall–Kier alpha value is -1.89. The van der Waals surface area contributed by atoms with Crippen molar-refractivity contribution in [1.29, 1.82) is 0 Å². The first-order valence-electron chi connectivity index (χ1n) is 7.25. The summed E-state index contributed by atoms with van der Waals surface area (Å²) in [5, 5.41) is 17.7. The number of nitrogens with zero attached hydrogens (tertiary/aromatic N) is 2. The molecule has 2 aromatic rings. The van der Waals surface area contributed by atoms with Gasteiger partial charge in [-0.3, -0.25) is 0 Å². The topological polar surface area (TPSA) is 59.2 Å². The molecule has 0 aliphatic rings. The fourth-order valence-corrected chi connectivity index (χ4v) is 1.97. The van der Waals surface area contributed by atoms with Crippen LogP contribution >= 0.6 is 0 Å². The lowest BCUT2D eigenvalue weighted by Crippen LogP contribution is -2.26. The number of aliphatic hydroxyl groups excluding tert-OH is 1. The number of aryl methyl sites for hydroxylation is 1. The molecule has 23 heavy (non-hydrogen) atoms. The van der Waals surface area contributed by atoms with E-state index in [1.165, 1.54) is 12.1 Å². The Balaban J connectivity index is 2.05. The van der Waals surface area contributed by atoms with Gasteiger partial charge in [-0.15, -0.1) is 10.2 Å². The molecule has 0 unspecified atom stereocenters. The first kappa shape index (κ1) is 17.5. The number of aliphatic hydroxyl groups is 1. The molecule has 0 fully saturated rings. The maximum Gasteiger partial charge on any atom is 0.416 e. The summed E-state index contributed by atoms with van der Waals surface area (Å²) >= 11 is 0. The minimum absolute atomic E-state index is 0.166. The van der Waals surface area contributed by atoms with Crippen LogP contribution in [-0.4, -0.2) is 21.4 Å². The van der Waals surface area contributed by atoms with Gasteiger partial charge < -0.3 is 9.52 Å². The van der Waals surface area contributed by atoms with Crippen molar-refractivity contribution < 1.29 is 22.7 Å². The van der Waals surface area contributed by atoms with Gasteiger partial charge in [0.15, 0.2) is 0 Å². The third kappa shape index (κ3) is 4.54. The Morgan fingerprint density at radius 2 is 1.70 bits per heavy atom. The summed E-state index contributed by atoms with van der Waals surface area (Å²) in [7, 11) is 0. The van der Waals surface area contributed by atoms with Gasteiger partial charge in [0.25, 0.3) is 0 Å². The summed E-state index contributed by atoms with van der Waals surface area (Å²) in [4.78, 5) is 0. The minimum atomic E-state index is -4.37. The summed E-state index contributed by atoms with van der Waals surface area (Å²) in [6.45, 7) is 5.79. The highest BCUT2D eigenvalue weighted by Gasteiger charge is 2.30. The van der Waals surface area contributed by atoms with E-state index in [9.17, 15) is 18.3 Å². The smallest absolute Gasteiger partial charge is 0.416 e. The summed E-state index contributed by atoms with van der Waals surface area (Å²) in [5.41, 5.74) is -0.543. The molecule has 0 aliphatic carbocycles. The number of halogens is 3. The third-order valence-electron chi connectivity index (χ3n) is 3.56. The van der Waals surface area contributed by atoms with E-state index in [-0.39, 0.29) is 11.3 Å². The number of benzene rings is 1. The van der Waals surface area contributed by atoms with Crippen molar-refractivity contribution in [3.8, 4) is 11.5 Å². The molecular formula is C16H19F3N2O2. The molecular weight excluding hydrogens is 309 g/mol. The molecule has 0 radical (unpaired) electrons. The molecule has 1 N–H and O–H groups in total. The number of hydrogen-bond donors (Lipinski definition) is 1. The van der Waals surface area contributed by atoms with E-state index in [1.54, 1.807) is 0 Å². The van der Waals surface area contributed by atoms with Crippen molar-refractivity contribution in [2.75, 3.05) is 0 Å². The van der Waals surface area contributed by atoms with Crippen LogP contribution in [0.25, 0.3) is 11.5 Å². The van der Waals surface area contributed by atoms with Gasteiger partial charge in [0.05, 0.1) is 11.7 Å². The van der Waals surface area contributed by atoms with Crippen molar-refractivity contribution >= 4 is 0 Å². The van der Waals surface area contributed by atoms with Crippen LogP contribution in [0.3, 0.4) is 0 Å². The minimum Gasteiger partial charge on any atom is -0.421 e. The standard InChI is InChI=1S/C16H19F3N2O2/c1-15(2,3)12(22)8-9-13-20-21-14(23-13)10-4-6-11(7-5-10)16(17,18)19/h4-7,12,22H,8-9H2,1-3H3/t12-/m1/s1. The van der Waals surface area contributed by atoms with E-state index in [1.807, 2.05) is 20.8 Å². The van der Waals surface area contributed by atoms with E-state index in [4.69, 9.17) is 4.42 Å². The van der Waals surface area contributed by atoms with E-state index in [0.717, 1.165) is 12.1 Å². The first-order chi connectivity index (χ1) is 10.6. The molecule has 0 amide bonds. The van der Waals surface area contributed by atoms with Crippen molar-refractivity contribution in [2.24, 2.45) is 5.41 Å². The predicted molar refractivity (Wildman–Crippen MR) is 78.5 cm³/mol. The van der Waals surface area contributed by atoms with Crippen LogP contribution in [0.1, 0.15) is 38.6 Å². The highest BCUT2D eigenvalue weighted by Crippen LogP contribution is 2.31. The monoisotopic (exact) mass is 328 g/mol. The lowest BCUT2D eigenvalue weighted by molar-refractivity contribution is -0.137. The van der Waals surface area contributed by atoms with E-state index in [0.29, 0.717) is 24.3 Å². The second-order valence-corrected chi connectivity index (χ2v) is 6.50. The highest BCUT2D eigenvalue weighted by atomic mass is 19.4. The Bertz CT molecular complexity index is 643. The van der Waals surface area contributed by atoms with Crippen molar-refractivity contribution in [3.63, 3.8) is 0 Å². The zero-order valence-corrected chi connectivity index (χ0v) is 13.2. The van der Waals surface area contributed by atoms with Gasteiger partial charge in [0.1, 0.15) is 0 Å². The molecule has 0 aliphatic heterocycles. The van der Waals surface area contributed by atoms with Crippen LogP contribution < -0.4 is 0 Å². The molecule has 1 heterocycles. The Morgan fingerprint density at radius 3 is 2.22 bits per heavy atom. The second-order valence-electron chi connectivity index (χ2n) is 6.50. The maximum absolute atomic E-state index is 12.5. The predicted octanol–water partition coefficient (Wildman–Crippen LogP) is 4.10.